The average Bonchev–Trinajstić information content (AvgIpc) is 2.38. The predicted octanol–water partition coefficient (Wildman–Crippen LogP) is 1.44. The number of oxime groups is 1. The standard InChI is InChI=1S/C12H20N4O2/c1-9(2)16(7-5-11(13)15-17)10-4-6-14-12(8-10)18-3/h4,6,8-9,17H,5,7H2,1-3H3,(H2,13,15). The van der Waals surface area contributed by atoms with Gasteiger partial charge in [-0.05, 0) is 19.9 Å². The summed E-state index contributed by atoms with van der Waals surface area (Å²) in [7, 11) is 1.59. The number of hydrogen-bond donors (Lipinski definition) is 2. The zero-order chi connectivity index (χ0) is 13.5. The highest BCUT2D eigenvalue weighted by atomic mass is 16.5. The van der Waals surface area contributed by atoms with E-state index in [1.807, 2.05) is 12.1 Å². The van der Waals surface area contributed by atoms with Crippen LogP contribution in [0.4, 0.5) is 5.69 Å². The van der Waals surface area contributed by atoms with E-state index in [0.717, 1.165) is 5.69 Å². The van der Waals surface area contributed by atoms with E-state index in [4.69, 9.17) is 15.7 Å². The predicted molar refractivity (Wildman–Crippen MR) is 71.3 cm³/mol. The van der Waals surface area contributed by atoms with Crippen LogP contribution >= 0.6 is 0 Å². The van der Waals surface area contributed by atoms with Crippen molar-refractivity contribution in [2.24, 2.45) is 10.9 Å². The lowest BCUT2D eigenvalue weighted by Gasteiger charge is -2.28. The Kier molecular flexibility index (Phi) is 5.23. The Balaban J connectivity index is 2.83. The van der Waals surface area contributed by atoms with E-state index >= 15 is 0 Å². The minimum absolute atomic E-state index is 0.224. The third-order valence-electron chi connectivity index (χ3n) is 2.62. The highest BCUT2D eigenvalue weighted by Gasteiger charge is 2.12. The molecule has 18 heavy (non-hydrogen) atoms. The van der Waals surface area contributed by atoms with Crippen molar-refractivity contribution < 1.29 is 9.94 Å². The summed E-state index contributed by atoms with van der Waals surface area (Å²) >= 11 is 0. The first kappa shape index (κ1) is 14.1. The van der Waals surface area contributed by atoms with Crippen molar-refractivity contribution in [3.8, 4) is 5.88 Å². The lowest BCUT2D eigenvalue weighted by atomic mass is 10.2. The number of hydrogen-bond acceptors (Lipinski definition) is 5. The van der Waals surface area contributed by atoms with Crippen molar-refractivity contribution in [2.75, 3.05) is 18.6 Å². The van der Waals surface area contributed by atoms with Crippen LogP contribution in [0.25, 0.3) is 0 Å². The van der Waals surface area contributed by atoms with Gasteiger partial charge in [-0.2, -0.15) is 0 Å². The zero-order valence-corrected chi connectivity index (χ0v) is 11.0. The van der Waals surface area contributed by atoms with Gasteiger partial charge in [0.25, 0.3) is 0 Å². The van der Waals surface area contributed by atoms with Crippen molar-refractivity contribution >= 4 is 11.5 Å². The van der Waals surface area contributed by atoms with E-state index in [0.29, 0.717) is 24.9 Å². The Labute approximate surface area is 107 Å². The first-order valence-corrected chi connectivity index (χ1v) is 5.81. The normalized spacial score (nSPS) is 11.7. The van der Waals surface area contributed by atoms with Crippen LogP contribution in [0.3, 0.4) is 0 Å². The maximum absolute atomic E-state index is 8.55. The summed E-state index contributed by atoms with van der Waals surface area (Å²) in [4.78, 5) is 6.21. The molecular formula is C12H20N4O2. The molecule has 0 aliphatic carbocycles. The summed E-state index contributed by atoms with van der Waals surface area (Å²) in [6.07, 6.45) is 2.20. The fourth-order valence-corrected chi connectivity index (χ4v) is 1.66. The number of anilines is 1. The van der Waals surface area contributed by atoms with Crippen molar-refractivity contribution in [1.82, 2.24) is 4.98 Å². The topological polar surface area (TPSA) is 84.0 Å². The molecule has 0 aliphatic heterocycles. The minimum atomic E-state index is 0.224. The third-order valence-corrected chi connectivity index (χ3v) is 2.62. The zero-order valence-electron chi connectivity index (χ0n) is 11.0. The summed E-state index contributed by atoms with van der Waals surface area (Å²) in [5.41, 5.74) is 6.49. The summed E-state index contributed by atoms with van der Waals surface area (Å²) in [6, 6.07) is 4.07. The van der Waals surface area contributed by atoms with Gasteiger partial charge >= 0.3 is 0 Å². The first-order valence-electron chi connectivity index (χ1n) is 5.81. The van der Waals surface area contributed by atoms with Crippen molar-refractivity contribution in [3.05, 3.63) is 18.3 Å². The summed E-state index contributed by atoms with van der Waals surface area (Å²) in [5, 5.41) is 11.5. The molecular weight excluding hydrogens is 232 g/mol. The fourth-order valence-electron chi connectivity index (χ4n) is 1.66. The van der Waals surface area contributed by atoms with E-state index in [-0.39, 0.29) is 5.84 Å². The second-order valence-corrected chi connectivity index (χ2v) is 4.18. The number of rotatable bonds is 6. The molecule has 6 nitrogen and oxygen atoms in total. The van der Waals surface area contributed by atoms with Gasteiger partial charge in [-0.3, -0.25) is 0 Å². The van der Waals surface area contributed by atoms with Gasteiger partial charge in [-0.1, -0.05) is 5.16 Å². The Bertz CT molecular complexity index is 407. The molecule has 100 valence electrons. The van der Waals surface area contributed by atoms with E-state index in [1.54, 1.807) is 13.3 Å². The molecule has 0 unspecified atom stereocenters. The molecule has 0 radical (unpaired) electrons. The number of amidine groups is 1. The molecule has 6 heteroatoms. The van der Waals surface area contributed by atoms with Crippen LogP contribution in [0.5, 0.6) is 5.88 Å². The van der Waals surface area contributed by atoms with Crippen LogP contribution in [-0.4, -0.2) is 35.7 Å². The number of nitrogens with zero attached hydrogens (tertiary/aromatic N) is 3. The maximum Gasteiger partial charge on any atom is 0.214 e. The van der Waals surface area contributed by atoms with Crippen LogP contribution in [0.1, 0.15) is 20.3 Å². The highest BCUT2D eigenvalue weighted by Crippen LogP contribution is 2.20. The third kappa shape index (κ3) is 3.80. The number of ether oxygens (including phenoxy) is 1. The van der Waals surface area contributed by atoms with E-state index in [1.165, 1.54) is 0 Å². The molecule has 1 rings (SSSR count). The van der Waals surface area contributed by atoms with Gasteiger partial charge in [0.2, 0.25) is 5.88 Å². The minimum Gasteiger partial charge on any atom is -0.481 e. The van der Waals surface area contributed by atoms with Crippen molar-refractivity contribution in [1.29, 1.82) is 0 Å². The average molecular weight is 252 g/mol. The molecule has 1 aromatic heterocycles. The Morgan fingerprint density at radius 2 is 2.33 bits per heavy atom. The molecule has 0 amide bonds. The fraction of sp³-hybridized carbons (Fsp3) is 0.500. The van der Waals surface area contributed by atoms with Crippen LogP contribution in [-0.2, 0) is 0 Å². The first-order chi connectivity index (χ1) is 8.58. The molecule has 3 N–H and O–H groups in total. The van der Waals surface area contributed by atoms with Crippen LogP contribution < -0.4 is 15.4 Å². The molecule has 0 fully saturated rings. The second-order valence-electron chi connectivity index (χ2n) is 4.18. The monoisotopic (exact) mass is 252 g/mol. The summed E-state index contributed by atoms with van der Waals surface area (Å²) in [5.74, 6) is 0.795. The molecule has 0 spiro atoms. The molecule has 0 saturated carbocycles. The van der Waals surface area contributed by atoms with E-state index < -0.39 is 0 Å². The Morgan fingerprint density at radius 1 is 1.61 bits per heavy atom. The van der Waals surface area contributed by atoms with Gasteiger partial charge in [0, 0.05) is 37.0 Å². The maximum atomic E-state index is 8.55. The van der Waals surface area contributed by atoms with Gasteiger partial charge < -0.3 is 20.6 Å². The van der Waals surface area contributed by atoms with Gasteiger partial charge in [-0.15, -0.1) is 0 Å². The van der Waals surface area contributed by atoms with Gasteiger partial charge in [-0.25, -0.2) is 4.98 Å². The van der Waals surface area contributed by atoms with Crippen molar-refractivity contribution in [2.45, 2.75) is 26.3 Å². The Morgan fingerprint density at radius 3 is 2.89 bits per heavy atom. The SMILES string of the molecule is COc1cc(N(CC/C(N)=N/O)C(C)C)ccn1. The van der Waals surface area contributed by atoms with Gasteiger partial charge in [0.05, 0.1) is 7.11 Å². The molecule has 0 saturated heterocycles. The van der Waals surface area contributed by atoms with Crippen LogP contribution in [0.2, 0.25) is 0 Å². The lowest BCUT2D eigenvalue weighted by Crippen LogP contribution is -2.34. The van der Waals surface area contributed by atoms with Crippen LogP contribution in [0.15, 0.2) is 23.5 Å². The number of methoxy groups -OCH3 is 1. The van der Waals surface area contributed by atoms with E-state index in [9.17, 15) is 0 Å². The second kappa shape index (κ2) is 6.68. The smallest absolute Gasteiger partial charge is 0.214 e. The quantitative estimate of drug-likeness (QED) is 0.346. The molecule has 0 bridgehead atoms. The molecule has 0 aromatic carbocycles. The van der Waals surface area contributed by atoms with Crippen LogP contribution in [0, 0.1) is 0 Å². The largest absolute Gasteiger partial charge is 0.481 e. The van der Waals surface area contributed by atoms with E-state index in [2.05, 4.69) is 28.9 Å². The van der Waals surface area contributed by atoms with Gasteiger partial charge in [0.15, 0.2) is 0 Å². The summed E-state index contributed by atoms with van der Waals surface area (Å²) in [6.45, 7) is 4.83. The molecule has 0 aliphatic rings. The lowest BCUT2D eigenvalue weighted by molar-refractivity contribution is 0.317. The summed E-state index contributed by atoms with van der Waals surface area (Å²) < 4.78 is 5.11. The number of pyridine rings is 1. The van der Waals surface area contributed by atoms with Gasteiger partial charge in [0.1, 0.15) is 5.84 Å². The molecule has 0 atom stereocenters. The Hall–Kier alpha value is -1.98. The van der Waals surface area contributed by atoms with Crippen molar-refractivity contribution in [3.63, 3.8) is 0 Å². The highest BCUT2D eigenvalue weighted by molar-refractivity contribution is 5.80. The molecule has 1 heterocycles. The molecule has 1 aromatic rings. The number of nitrogens with two attached hydrogens (primary N) is 1. The number of aromatic nitrogens is 1.